The summed E-state index contributed by atoms with van der Waals surface area (Å²) in [4.78, 5) is 26.7. The minimum absolute atomic E-state index is 0.0189. The summed E-state index contributed by atoms with van der Waals surface area (Å²) in [5.41, 5.74) is -1.31. The van der Waals surface area contributed by atoms with E-state index in [0.29, 0.717) is 52.0 Å². The summed E-state index contributed by atoms with van der Waals surface area (Å²) >= 11 is 0. The van der Waals surface area contributed by atoms with Gasteiger partial charge in [-0.1, -0.05) is 18.9 Å². The molecule has 0 aromatic rings. The summed E-state index contributed by atoms with van der Waals surface area (Å²) in [6.07, 6.45) is 6.94. The highest BCUT2D eigenvalue weighted by Crippen LogP contribution is 2.40. The van der Waals surface area contributed by atoms with Gasteiger partial charge in [-0.15, -0.1) is 6.58 Å². The molecule has 0 radical (unpaired) electrons. The Kier molecular flexibility index (Phi) is 6.78. The summed E-state index contributed by atoms with van der Waals surface area (Å²) in [5.74, 6) is 0.140. The predicted octanol–water partition coefficient (Wildman–Crippen LogP) is 0.970. The Balaban J connectivity index is 1.57. The molecule has 2 saturated heterocycles. The summed E-state index contributed by atoms with van der Waals surface area (Å²) in [6, 6.07) is 0. The highest BCUT2D eigenvalue weighted by molar-refractivity contribution is 5.80. The van der Waals surface area contributed by atoms with E-state index in [4.69, 9.17) is 4.74 Å². The van der Waals surface area contributed by atoms with Crippen molar-refractivity contribution in [2.75, 3.05) is 32.8 Å². The van der Waals surface area contributed by atoms with E-state index in [0.717, 1.165) is 25.7 Å². The lowest BCUT2D eigenvalue weighted by Crippen LogP contribution is -2.69. The topological polar surface area (TPSA) is 90.9 Å². The van der Waals surface area contributed by atoms with Crippen molar-refractivity contribution in [1.82, 2.24) is 15.5 Å². The van der Waals surface area contributed by atoms with E-state index in [1.54, 1.807) is 6.08 Å². The van der Waals surface area contributed by atoms with Crippen LogP contribution in [0.4, 0.5) is 0 Å². The molecule has 0 unspecified atom stereocenters. The molecule has 28 heavy (non-hydrogen) atoms. The van der Waals surface area contributed by atoms with Crippen molar-refractivity contribution in [2.24, 2.45) is 5.92 Å². The fourth-order valence-corrected chi connectivity index (χ4v) is 4.92. The molecule has 2 atom stereocenters. The molecule has 7 heteroatoms. The summed E-state index contributed by atoms with van der Waals surface area (Å²) < 4.78 is 6.10. The molecule has 3 N–H and O–H groups in total. The highest BCUT2D eigenvalue weighted by atomic mass is 16.5. The second-order valence-corrected chi connectivity index (χ2v) is 8.82. The van der Waals surface area contributed by atoms with E-state index in [2.05, 4.69) is 22.1 Å². The largest absolute Gasteiger partial charge is 0.388 e. The number of aliphatic hydroxyl groups is 1. The van der Waals surface area contributed by atoms with Gasteiger partial charge in [-0.05, 0) is 39.0 Å². The quantitative estimate of drug-likeness (QED) is 0.585. The molecule has 158 valence electrons. The lowest BCUT2D eigenvalue weighted by molar-refractivity contribution is -0.208. The molecule has 1 spiro atoms. The van der Waals surface area contributed by atoms with E-state index in [-0.39, 0.29) is 17.7 Å². The summed E-state index contributed by atoms with van der Waals surface area (Å²) in [5, 5.41) is 17.2. The maximum Gasteiger partial charge on any atom is 0.234 e. The number of piperidine rings is 1. The van der Waals surface area contributed by atoms with E-state index in [1.807, 2.05) is 6.92 Å². The third-order valence-corrected chi connectivity index (χ3v) is 6.76. The van der Waals surface area contributed by atoms with E-state index < -0.39 is 17.2 Å². The number of likely N-dealkylation sites (tertiary alicyclic amines) is 1. The standard InChI is InChI=1S/C21H35N3O4/c1-3-11-22-17(25)15-24-12-8-21(9-13-24)19(27)20(2,10-14-28-21)23-18(26)16-6-4-5-7-16/h3,16,19,27H,1,4-15H2,2H3,(H,22,25)(H,23,26)/t19-,20+/m0/s1. The zero-order valence-electron chi connectivity index (χ0n) is 17.0. The van der Waals surface area contributed by atoms with E-state index in [9.17, 15) is 14.7 Å². The number of ether oxygens (including phenoxy) is 1. The molecule has 2 aliphatic heterocycles. The fourth-order valence-electron chi connectivity index (χ4n) is 4.92. The van der Waals surface area contributed by atoms with Gasteiger partial charge >= 0.3 is 0 Å². The number of hydrogen-bond acceptors (Lipinski definition) is 5. The van der Waals surface area contributed by atoms with Crippen LogP contribution in [0.5, 0.6) is 0 Å². The van der Waals surface area contributed by atoms with Gasteiger partial charge in [0.2, 0.25) is 11.8 Å². The molecule has 7 nitrogen and oxygen atoms in total. The van der Waals surface area contributed by atoms with Crippen LogP contribution in [0.1, 0.15) is 51.9 Å². The second kappa shape index (κ2) is 8.93. The minimum atomic E-state index is -0.754. The van der Waals surface area contributed by atoms with Crippen LogP contribution in [0.3, 0.4) is 0 Å². The van der Waals surface area contributed by atoms with Crippen molar-refractivity contribution in [3.8, 4) is 0 Å². The Bertz CT molecular complexity index is 582. The van der Waals surface area contributed by atoms with Crippen molar-refractivity contribution in [3.63, 3.8) is 0 Å². The van der Waals surface area contributed by atoms with Crippen molar-refractivity contribution in [3.05, 3.63) is 12.7 Å². The van der Waals surface area contributed by atoms with Gasteiger partial charge in [0.25, 0.3) is 0 Å². The molecule has 3 rings (SSSR count). The van der Waals surface area contributed by atoms with Gasteiger partial charge in [-0.2, -0.15) is 0 Å². The van der Waals surface area contributed by atoms with Crippen molar-refractivity contribution in [1.29, 1.82) is 0 Å². The first-order valence-corrected chi connectivity index (χ1v) is 10.6. The number of carbonyl (C=O) groups is 2. The molecule has 3 fully saturated rings. The maximum atomic E-state index is 12.7. The Labute approximate surface area is 167 Å². The van der Waals surface area contributed by atoms with E-state index in [1.165, 1.54) is 0 Å². The van der Waals surface area contributed by atoms with Crippen LogP contribution >= 0.6 is 0 Å². The number of aliphatic hydroxyl groups excluding tert-OH is 1. The van der Waals surface area contributed by atoms with Gasteiger partial charge < -0.3 is 20.5 Å². The van der Waals surface area contributed by atoms with Crippen LogP contribution in [0.25, 0.3) is 0 Å². The first kappa shape index (κ1) is 21.3. The number of hydrogen-bond donors (Lipinski definition) is 3. The fraction of sp³-hybridized carbons (Fsp3) is 0.810. The average molecular weight is 394 g/mol. The number of nitrogens with one attached hydrogen (secondary N) is 2. The van der Waals surface area contributed by atoms with Crippen LogP contribution in [0.15, 0.2) is 12.7 Å². The highest BCUT2D eigenvalue weighted by Gasteiger charge is 2.54. The van der Waals surface area contributed by atoms with Crippen LogP contribution in [-0.2, 0) is 14.3 Å². The number of amides is 2. The smallest absolute Gasteiger partial charge is 0.234 e. The zero-order valence-corrected chi connectivity index (χ0v) is 17.0. The molecule has 0 bridgehead atoms. The monoisotopic (exact) mass is 393 g/mol. The molecule has 3 aliphatic rings. The number of carbonyl (C=O) groups excluding carboxylic acids is 2. The Hall–Kier alpha value is -1.44. The van der Waals surface area contributed by atoms with Crippen molar-refractivity contribution >= 4 is 11.8 Å². The SMILES string of the molecule is C=CCNC(=O)CN1CCC2(CC1)OCC[C@@](C)(NC(=O)C1CCCC1)[C@@H]2O. The van der Waals surface area contributed by atoms with Crippen LogP contribution < -0.4 is 10.6 Å². The van der Waals surface area contributed by atoms with Crippen molar-refractivity contribution < 1.29 is 19.4 Å². The first-order chi connectivity index (χ1) is 13.4. The normalized spacial score (nSPS) is 30.9. The molecule has 1 saturated carbocycles. The number of nitrogens with zero attached hydrogens (tertiary/aromatic N) is 1. The molecule has 2 heterocycles. The molecular weight excluding hydrogens is 358 g/mol. The molecular formula is C21H35N3O4. The predicted molar refractivity (Wildman–Crippen MR) is 107 cm³/mol. The summed E-state index contributed by atoms with van der Waals surface area (Å²) in [7, 11) is 0. The third-order valence-electron chi connectivity index (χ3n) is 6.76. The Morgan fingerprint density at radius 2 is 1.93 bits per heavy atom. The number of rotatable bonds is 6. The second-order valence-electron chi connectivity index (χ2n) is 8.82. The molecule has 1 aliphatic carbocycles. The summed E-state index contributed by atoms with van der Waals surface area (Å²) in [6.45, 7) is 8.26. The van der Waals surface area contributed by atoms with Gasteiger partial charge in [0.05, 0.1) is 17.7 Å². The average Bonchev–Trinajstić information content (AvgIpc) is 3.21. The van der Waals surface area contributed by atoms with Crippen LogP contribution in [0.2, 0.25) is 0 Å². The Morgan fingerprint density at radius 1 is 1.25 bits per heavy atom. The maximum absolute atomic E-state index is 12.7. The first-order valence-electron chi connectivity index (χ1n) is 10.6. The van der Waals surface area contributed by atoms with Crippen molar-refractivity contribution in [2.45, 2.75) is 69.1 Å². The molecule has 2 amide bonds. The third kappa shape index (κ3) is 4.58. The van der Waals surface area contributed by atoms with Crippen LogP contribution in [-0.4, -0.2) is 71.9 Å². The Morgan fingerprint density at radius 3 is 2.57 bits per heavy atom. The molecule has 0 aromatic heterocycles. The van der Waals surface area contributed by atoms with Gasteiger partial charge in [0.15, 0.2) is 0 Å². The zero-order chi connectivity index (χ0) is 20.2. The van der Waals surface area contributed by atoms with E-state index >= 15 is 0 Å². The lowest BCUT2D eigenvalue weighted by atomic mass is 9.73. The lowest BCUT2D eigenvalue weighted by Gasteiger charge is -2.53. The van der Waals surface area contributed by atoms with Gasteiger partial charge in [-0.3, -0.25) is 14.5 Å². The van der Waals surface area contributed by atoms with Gasteiger partial charge in [0.1, 0.15) is 6.10 Å². The van der Waals surface area contributed by atoms with Gasteiger partial charge in [-0.25, -0.2) is 0 Å². The van der Waals surface area contributed by atoms with Crippen LogP contribution in [0, 0.1) is 5.92 Å². The molecule has 0 aromatic carbocycles. The van der Waals surface area contributed by atoms with Gasteiger partial charge in [0, 0.05) is 32.2 Å². The minimum Gasteiger partial charge on any atom is -0.388 e.